The molecule has 2 N–H and O–H groups in total. The van der Waals surface area contributed by atoms with E-state index < -0.39 is 0 Å². The third-order valence-electron chi connectivity index (χ3n) is 4.81. The second-order valence-corrected chi connectivity index (χ2v) is 6.12. The molecule has 0 bridgehead atoms. The highest BCUT2D eigenvalue weighted by Gasteiger charge is 2.30. The molecule has 1 unspecified atom stereocenters. The van der Waals surface area contributed by atoms with Gasteiger partial charge in [-0.15, -0.1) is 0 Å². The number of piperidine rings is 1. The quantitative estimate of drug-likeness (QED) is 0.791. The molecule has 0 saturated carbocycles. The van der Waals surface area contributed by atoms with E-state index in [9.17, 15) is 4.79 Å². The lowest BCUT2D eigenvalue weighted by Gasteiger charge is -2.34. The number of likely N-dealkylation sites (N-methyl/N-ethyl adjacent to an activating group) is 1. The SMILES string of the molecule is CCN(CC)C(=O)CN1CCC(N2CCC(N)CC2)C1. The summed E-state index contributed by atoms with van der Waals surface area (Å²) in [4.78, 5) is 19.0. The highest BCUT2D eigenvalue weighted by Crippen LogP contribution is 2.19. The second kappa shape index (κ2) is 7.38. The van der Waals surface area contributed by atoms with E-state index in [2.05, 4.69) is 9.80 Å². The first-order valence-corrected chi connectivity index (χ1v) is 8.13. The molecular weight excluding hydrogens is 252 g/mol. The summed E-state index contributed by atoms with van der Waals surface area (Å²) < 4.78 is 0. The molecule has 5 nitrogen and oxygen atoms in total. The van der Waals surface area contributed by atoms with E-state index in [1.54, 1.807) is 0 Å². The number of hydrogen-bond acceptors (Lipinski definition) is 4. The van der Waals surface area contributed by atoms with Crippen molar-refractivity contribution in [2.75, 3.05) is 45.8 Å². The van der Waals surface area contributed by atoms with E-state index >= 15 is 0 Å². The summed E-state index contributed by atoms with van der Waals surface area (Å²) in [6.07, 6.45) is 3.44. The van der Waals surface area contributed by atoms with Crippen molar-refractivity contribution in [3.63, 3.8) is 0 Å². The van der Waals surface area contributed by atoms with Crippen LogP contribution >= 0.6 is 0 Å². The van der Waals surface area contributed by atoms with Crippen LogP contribution in [0.5, 0.6) is 0 Å². The molecule has 2 saturated heterocycles. The van der Waals surface area contributed by atoms with Crippen molar-refractivity contribution in [2.45, 2.75) is 45.2 Å². The zero-order valence-corrected chi connectivity index (χ0v) is 13.1. The van der Waals surface area contributed by atoms with Crippen LogP contribution in [0.15, 0.2) is 0 Å². The number of hydrogen-bond donors (Lipinski definition) is 1. The van der Waals surface area contributed by atoms with Crippen molar-refractivity contribution >= 4 is 5.91 Å². The van der Waals surface area contributed by atoms with Crippen molar-refractivity contribution < 1.29 is 4.79 Å². The standard InChI is InChI=1S/C15H30N4O/c1-3-18(4-2)15(20)12-17-8-7-14(11-17)19-9-5-13(16)6-10-19/h13-14H,3-12,16H2,1-2H3. The van der Waals surface area contributed by atoms with Gasteiger partial charge in [-0.05, 0) is 46.2 Å². The number of likely N-dealkylation sites (tertiary alicyclic amines) is 2. The Labute approximate surface area is 123 Å². The van der Waals surface area contributed by atoms with Gasteiger partial charge in [-0.25, -0.2) is 0 Å². The maximum absolute atomic E-state index is 12.1. The van der Waals surface area contributed by atoms with E-state index in [4.69, 9.17) is 5.73 Å². The summed E-state index contributed by atoms with van der Waals surface area (Å²) in [5, 5.41) is 0. The number of carbonyl (C=O) groups excluding carboxylic acids is 1. The summed E-state index contributed by atoms with van der Waals surface area (Å²) in [5.41, 5.74) is 5.97. The minimum Gasteiger partial charge on any atom is -0.342 e. The Bertz CT molecular complexity index is 311. The largest absolute Gasteiger partial charge is 0.342 e. The van der Waals surface area contributed by atoms with E-state index in [0.29, 0.717) is 18.6 Å². The van der Waals surface area contributed by atoms with Crippen molar-refractivity contribution in [1.29, 1.82) is 0 Å². The maximum Gasteiger partial charge on any atom is 0.236 e. The molecule has 0 aliphatic carbocycles. The molecule has 2 aliphatic rings. The average molecular weight is 282 g/mol. The lowest BCUT2D eigenvalue weighted by Crippen LogP contribution is -2.46. The summed E-state index contributed by atoms with van der Waals surface area (Å²) >= 11 is 0. The fraction of sp³-hybridized carbons (Fsp3) is 0.933. The smallest absolute Gasteiger partial charge is 0.236 e. The van der Waals surface area contributed by atoms with Crippen LogP contribution in [0.2, 0.25) is 0 Å². The molecule has 116 valence electrons. The normalized spacial score (nSPS) is 26.1. The summed E-state index contributed by atoms with van der Waals surface area (Å²) in [7, 11) is 0. The first-order valence-electron chi connectivity index (χ1n) is 8.13. The lowest BCUT2D eigenvalue weighted by atomic mass is 10.0. The fourth-order valence-electron chi connectivity index (χ4n) is 3.41. The first-order chi connectivity index (χ1) is 9.63. The molecule has 1 atom stereocenters. The Kier molecular flexibility index (Phi) is 5.81. The molecular formula is C15H30N4O. The van der Waals surface area contributed by atoms with Gasteiger partial charge in [-0.2, -0.15) is 0 Å². The Hall–Kier alpha value is -0.650. The first kappa shape index (κ1) is 15.7. The third-order valence-corrected chi connectivity index (χ3v) is 4.81. The molecule has 2 rings (SSSR count). The molecule has 0 radical (unpaired) electrons. The van der Waals surface area contributed by atoms with Gasteiger partial charge in [0.25, 0.3) is 0 Å². The predicted octanol–water partition coefficient (Wildman–Crippen LogP) is 0.352. The van der Waals surface area contributed by atoms with Gasteiger partial charge in [-0.3, -0.25) is 14.6 Å². The van der Waals surface area contributed by atoms with Gasteiger partial charge < -0.3 is 10.6 Å². The fourth-order valence-corrected chi connectivity index (χ4v) is 3.41. The average Bonchev–Trinajstić information content (AvgIpc) is 2.89. The van der Waals surface area contributed by atoms with Crippen molar-refractivity contribution in [3.8, 4) is 0 Å². The molecule has 2 heterocycles. The molecule has 0 aromatic heterocycles. The van der Waals surface area contributed by atoms with E-state index in [1.165, 1.54) is 6.42 Å². The number of nitrogens with zero attached hydrogens (tertiary/aromatic N) is 3. The van der Waals surface area contributed by atoms with Crippen LogP contribution in [0.4, 0.5) is 0 Å². The van der Waals surface area contributed by atoms with E-state index in [1.807, 2.05) is 18.7 Å². The third kappa shape index (κ3) is 3.93. The Morgan fingerprint density at radius 3 is 2.40 bits per heavy atom. The van der Waals surface area contributed by atoms with Gasteiger partial charge in [0.15, 0.2) is 0 Å². The molecule has 1 amide bonds. The van der Waals surface area contributed by atoms with Crippen LogP contribution in [0.3, 0.4) is 0 Å². The second-order valence-electron chi connectivity index (χ2n) is 6.12. The Morgan fingerprint density at radius 1 is 1.15 bits per heavy atom. The molecule has 0 aromatic carbocycles. The Balaban J connectivity index is 1.76. The van der Waals surface area contributed by atoms with Crippen LogP contribution in [0, 0.1) is 0 Å². The van der Waals surface area contributed by atoms with Crippen molar-refractivity contribution in [3.05, 3.63) is 0 Å². The maximum atomic E-state index is 12.1. The van der Waals surface area contributed by atoms with Gasteiger partial charge in [0.2, 0.25) is 5.91 Å². The highest BCUT2D eigenvalue weighted by atomic mass is 16.2. The predicted molar refractivity (Wildman–Crippen MR) is 81.6 cm³/mol. The van der Waals surface area contributed by atoms with Crippen LogP contribution in [0.25, 0.3) is 0 Å². The van der Waals surface area contributed by atoms with Crippen LogP contribution in [-0.2, 0) is 4.79 Å². The highest BCUT2D eigenvalue weighted by molar-refractivity contribution is 5.78. The molecule has 2 fully saturated rings. The number of amides is 1. The minimum atomic E-state index is 0.274. The zero-order valence-electron chi connectivity index (χ0n) is 13.1. The molecule has 2 aliphatic heterocycles. The van der Waals surface area contributed by atoms with Gasteiger partial charge in [-0.1, -0.05) is 0 Å². The minimum absolute atomic E-state index is 0.274. The van der Waals surface area contributed by atoms with Crippen LogP contribution in [-0.4, -0.2) is 78.5 Å². The molecule has 20 heavy (non-hydrogen) atoms. The number of carbonyl (C=O) groups is 1. The lowest BCUT2D eigenvalue weighted by molar-refractivity contribution is -0.131. The van der Waals surface area contributed by atoms with E-state index in [0.717, 1.165) is 52.1 Å². The Morgan fingerprint density at radius 2 is 1.80 bits per heavy atom. The number of nitrogens with two attached hydrogens (primary N) is 1. The van der Waals surface area contributed by atoms with Crippen molar-refractivity contribution in [1.82, 2.24) is 14.7 Å². The molecule has 0 aromatic rings. The summed E-state index contributed by atoms with van der Waals surface area (Å²) in [6.45, 7) is 10.7. The topological polar surface area (TPSA) is 52.8 Å². The summed E-state index contributed by atoms with van der Waals surface area (Å²) in [6, 6.07) is 1.03. The van der Waals surface area contributed by atoms with Crippen LogP contribution in [0.1, 0.15) is 33.1 Å². The van der Waals surface area contributed by atoms with Crippen LogP contribution < -0.4 is 5.73 Å². The molecule has 5 heteroatoms. The molecule has 0 spiro atoms. The monoisotopic (exact) mass is 282 g/mol. The summed E-state index contributed by atoms with van der Waals surface area (Å²) in [5.74, 6) is 0.274. The zero-order chi connectivity index (χ0) is 14.5. The van der Waals surface area contributed by atoms with Gasteiger partial charge in [0.05, 0.1) is 6.54 Å². The van der Waals surface area contributed by atoms with E-state index in [-0.39, 0.29) is 5.91 Å². The number of rotatable bonds is 5. The van der Waals surface area contributed by atoms with Gasteiger partial charge >= 0.3 is 0 Å². The van der Waals surface area contributed by atoms with Crippen molar-refractivity contribution in [2.24, 2.45) is 5.73 Å². The van der Waals surface area contributed by atoms with Gasteiger partial charge in [0.1, 0.15) is 0 Å². The van der Waals surface area contributed by atoms with Gasteiger partial charge in [0, 0.05) is 38.3 Å².